The smallest absolute Gasteiger partial charge is 0.00951 e. The van der Waals surface area contributed by atoms with Crippen molar-refractivity contribution in [1.29, 1.82) is 0 Å². The summed E-state index contributed by atoms with van der Waals surface area (Å²) in [7, 11) is 0. The topological polar surface area (TPSA) is 15.3 Å². The SMILES string of the molecule is CCCC1CCCCN1CCCCCCNC(C)C. The van der Waals surface area contributed by atoms with E-state index >= 15 is 0 Å². The number of piperidine rings is 1. The van der Waals surface area contributed by atoms with E-state index in [1.807, 2.05) is 0 Å². The first kappa shape index (κ1) is 17.0. The molecule has 0 saturated carbocycles. The van der Waals surface area contributed by atoms with E-state index in [1.165, 1.54) is 77.4 Å². The highest BCUT2D eigenvalue weighted by molar-refractivity contribution is 4.76. The van der Waals surface area contributed by atoms with Crippen LogP contribution in [0.5, 0.6) is 0 Å². The van der Waals surface area contributed by atoms with Crippen LogP contribution in [0.1, 0.15) is 78.6 Å². The van der Waals surface area contributed by atoms with Gasteiger partial charge in [0.05, 0.1) is 0 Å². The Hall–Kier alpha value is -0.0800. The molecule has 1 rings (SSSR count). The first-order chi connectivity index (χ1) is 9.24. The molecule has 1 aliphatic rings. The third kappa shape index (κ3) is 7.94. The second-order valence-corrected chi connectivity index (χ2v) is 6.50. The maximum Gasteiger partial charge on any atom is 0.00951 e. The second kappa shape index (κ2) is 10.7. The van der Waals surface area contributed by atoms with Gasteiger partial charge < -0.3 is 10.2 Å². The van der Waals surface area contributed by atoms with Crippen LogP contribution >= 0.6 is 0 Å². The van der Waals surface area contributed by atoms with Crippen LogP contribution in [0.25, 0.3) is 0 Å². The molecule has 1 atom stereocenters. The third-order valence-corrected chi connectivity index (χ3v) is 4.30. The molecule has 0 aromatic carbocycles. The highest BCUT2D eigenvalue weighted by Gasteiger charge is 2.20. The summed E-state index contributed by atoms with van der Waals surface area (Å²) in [4.78, 5) is 2.78. The average molecular weight is 268 g/mol. The molecule has 0 aromatic heterocycles. The van der Waals surface area contributed by atoms with E-state index in [9.17, 15) is 0 Å². The third-order valence-electron chi connectivity index (χ3n) is 4.30. The van der Waals surface area contributed by atoms with Gasteiger partial charge >= 0.3 is 0 Å². The molecule has 1 fully saturated rings. The number of likely N-dealkylation sites (tertiary alicyclic amines) is 1. The molecule has 1 saturated heterocycles. The minimum absolute atomic E-state index is 0.642. The van der Waals surface area contributed by atoms with Gasteiger partial charge in [0.15, 0.2) is 0 Å². The zero-order valence-electron chi connectivity index (χ0n) is 13.6. The van der Waals surface area contributed by atoms with Gasteiger partial charge in [0, 0.05) is 12.1 Å². The van der Waals surface area contributed by atoms with Crippen LogP contribution in [0.4, 0.5) is 0 Å². The van der Waals surface area contributed by atoms with Gasteiger partial charge in [0.25, 0.3) is 0 Å². The number of nitrogens with one attached hydrogen (secondary N) is 1. The van der Waals surface area contributed by atoms with Crippen LogP contribution in [0.2, 0.25) is 0 Å². The van der Waals surface area contributed by atoms with Gasteiger partial charge in [-0.15, -0.1) is 0 Å². The van der Waals surface area contributed by atoms with Crippen molar-refractivity contribution in [3.05, 3.63) is 0 Å². The van der Waals surface area contributed by atoms with Crippen molar-refractivity contribution in [3.8, 4) is 0 Å². The normalized spacial score (nSPS) is 21.2. The summed E-state index contributed by atoms with van der Waals surface area (Å²) in [6.45, 7) is 10.7. The van der Waals surface area contributed by atoms with E-state index < -0.39 is 0 Å². The molecule has 2 heteroatoms. The monoisotopic (exact) mass is 268 g/mol. The molecule has 1 aliphatic heterocycles. The minimum Gasteiger partial charge on any atom is -0.315 e. The molecular weight excluding hydrogens is 232 g/mol. The lowest BCUT2D eigenvalue weighted by atomic mass is 9.98. The molecule has 0 aliphatic carbocycles. The Balaban J connectivity index is 2.00. The van der Waals surface area contributed by atoms with E-state index in [0.717, 1.165) is 6.04 Å². The van der Waals surface area contributed by atoms with Gasteiger partial charge in [-0.1, -0.05) is 46.5 Å². The fourth-order valence-electron chi connectivity index (χ4n) is 3.20. The Morgan fingerprint density at radius 1 is 1.11 bits per heavy atom. The average Bonchev–Trinajstić information content (AvgIpc) is 2.39. The predicted molar refractivity (Wildman–Crippen MR) is 85.7 cm³/mol. The van der Waals surface area contributed by atoms with Crippen molar-refractivity contribution in [2.45, 2.75) is 90.6 Å². The summed E-state index contributed by atoms with van der Waals surface area (Å²) in [5.74, 6) is 0. The summed E-state index contributed by atoms with van der Waals surface area (Å²) in [6.07, 6.45) is 12.7. The summed E-state index contributed by atoms with van der Waals surface area (Å²) < 4.78 is 0. The lowest BCUT2D eigenvalue weighted by Crippen LogP contribution is -2.39. The fraction of sp³-hybridized carbons (Fsp3) is 1.00. The minimum atomic E-state index is 0.642. The Labute approximate surface area is 121 Å². The van der Waals surface area contributed by atoms with Crippen LogP contribution in [0.3, 0.4) is 0 Å². The highest BCUT2D eigenvalue weighted by Crippen LogP contribution is 2.21. The number of nitrogens with zero attached hydrogens (tertiary/aromatic N) is 1. The van der Waals surface area contributed by atoms with Crippen molar-refractivity contribution >= 4 is 0 Å². The van der Waals surface area contributed by atoms with Crippen LogP contribution in [0.15, 0.2) is 0 Å². The summed E-state index contributed by atoms with van der Waals surface area (Å²) in [6, 6.07) is 1.55. The largest absolute Gasteiger partial charge is 0.315 e. The van der Waals surface area contributed by atoms with Crippen LogP contribution in [-0.4, -0.2) is 36.6 Å². The summed E-state index contributed by atoms with van der Waals surface area (Å²) in [5, 5.41) is 3.50. The number of hydrogen-bond donors (Lipinski definition) is 1. The highest BCUT2D eigenvalue weighted by atomic mass is 15.2. The van der Waals surface area contributed by atoms with E-state index in [-0.39, 0.29) is 0 Å². The van der Waals surface area contributed by atoms with Crippen molar-refractivity contribution in [1.82, 2.24) is 10.2 Å². The lowest BCUT2D eigenvalue weighted by Gasteiger charge is -2.35. The molecule has 1 heterocycles. The molecule has 1 unspecified atom stereocenters. The van der Waals surface area contributed by atoms with Crippen LogP contribution in [-0.2, 0) is 0 Å². The second-order valence-electron chi connectivity index (χ2n) is 6.50. The number of rotatable bonds is 10. The fourth-order valence-corrected chi connectivity index (χ4v) is 3.20. The van der Waals surface area contributed by atoms with E-state index in [2.05, 4.69) is 31.0 Å². The zero-order chi connectivity index (χ0) is 13.9. The first-order valence-electron chi connectivity index (χ1n) is 8.71. The Bertz CT molecular complexity index is 201. The molecule has 0 radical (unpaired) electrons. The van der Waals surface area contributed by atoms with Gasteiger partial charge in [-0.2, -0.15) is 0 Å². The van der Waals surface area contributed by atoms with Gasteiger partial charge in [0.1, 0.15) is 0 Å². The summed E-state index contributed by atoms with van der Waals surface area (Å²) >= 11 is 0. The van der Waals surface area contributed by atoms with Crippen molar-refractivity contribution in [2.24, 2.45) is 0 Å². The zero-order valence-corrected chi connectivity index (χ0v) is 13.6. The molecule has 0 bridgehead atoms. The molecule has 0 amide bonds. The van der Waals surface area contributed by atoms with Gasteiger partial charge in [-0.05, 0) is 51.7 Å². The lowest BCUT2D eigenvalue weighted by molar-refractivity contribution is 0.137. The Kier molecular flexibility index (Phi) is 9.54. The van der Waals surface area contributed by atoms with Gasteiger partial charge in [-0.25, -0.2) is 0 Å². The Morgan fingerprint density at radius 3 is 2.63 bits per heavy atom. The standard InChI is InChI=1S/C17H36N2/c1-4-11-17-12-7-10-15-19(17)14-9-6-5-8-13-18-16(2)3/h16-18H,4-15H2,1-3H3. The maximum atomic E-state index is 3.50. The predicted octanol–water partition coefficient (Wildman–Crippen LogP) is 4.20. The first-order valence-corrected chi connectivity index (χ1v) is 8.71. The molecule has 114 valence electrons. The Morgan fingerprint density at radius 2 is 1.89 bits per heavy atom. The number of unbranched alkanes of at least 4 members (excludes halogenated alkanes) is 3. The van der Waals surface area contributed by atoms with Crippen LogP contribution in [0, 0.1) is 0 Å². The molecule has 19 heavy (non-hydrogen) atoms. The van der Waals surface area contributed by atoms with Gasteiger partial charge in [-0.3, -0.25) is 0 Å². The van der Waals surface area contributed by atoms with Crippen molar-refractivity contribution in [3.63, 3.8) is 0 Å². The molecule has 1 N–H and O–H groups in total. The number of hydrogen-bond acceptors (Lipinski definition) is 2. The molecule has 2 nitrogen and oxygen atoms in total. The summed E-state index contributed by atoms with van der Waals surface area (Å²) in [5.41, 5.74) is 0. The molecular formula is C17H36N2. The van der Waals surface area contributed by atoms with Crippen LogP contribution < -0.4 is 5.32 Å². The maximum absolute atomic E-state index is 3.50. The quantitative estimate of drug-likeness (QED) is 0.597. The molecule has 0 spiro atoms. The van der Waals surface area contributed by atoms with E-state index in [0.29, 0.717) is 6.04 Å². The van der Waals surface area contributed by atoms with Gasteiger partial charge in [0.2, 0.25) is 0 Å². The van der Waals surface area contributed by atoms with Crippen molar-refractivity contribution < 1.29 is 0 Å². The van der Waals surface area contributed by atoms with E-state index in [4.69, 9.17) is 0 Å². The van der Waals surface area contributed by atoms with Crippen molar-refractivity contribution in [2.75, 3.05) is 19.6 Å². The van der Waals surface area contributed by atoms with E-state index in [1.54, 1.807) is 0 Å². The molecule has 0 aromatic rings.